The predicted molar refractivity (Wildman–Crippen MR) is 77.1 cm³/mol. The number of cyclic esters (lactones) is 1. The summed E-state index contributed by atoms with van der Waals surface area (Å²) in [6.07, 6.45) is 2.73. The van der Waals surface area contributed by atoms with E-state index in [0.717, 1.165) is 19.3 Å². The van der Waals surface area contributed by atoms with Crippen molar-refractivity contribution in [1.29, 1.82) is 0 Å². The molecule has 0 aliphatic carbocycles. The van der Waals surface area contributed by atoms with Gasteiger partial charge in [0.05, 0.1) is 13.0 Å². The summed E-state index contributed by atoms with van der Waals surface area (Å²) in [5, 5.41) is 0. The lowest BCUT2D eigenvalue weighted by atomic mass is 9.83. The molecule has 1 fully saturated rings. The third-order valence-electron chi connectivity index (χ3n) is 3.58. The fourth-order valence-corrected chi connectivity index (χ4v) is 2.38. The van der Waals surface area contributed by atoms with E-state index in [1.54, 1.807) is 6.92 Å². The van der Waals surface area contributed by atoms with Gasteiger partial charge in [0.15, 0.2) is 0 Å². The van der Waals surface area contributed by atoms with Crippen molar-refractivity contribution in [1.82, 2.24) is 0 Å². The zero-order valence-corrected chi connectivity index (χ0v) is 13.0. The first-order valence-corrected chi connectivity index (χ1v) is 7.24. The number of rotatable bonds is 7. The van der Waals surface area contributed by atoms with Crippen molar-refractivity contribution in [2.45, 2.75) is 59.5 Å². The molecule has 1 saturated heterocycles. The minimum atomic E-state index is -0.334. The molecule has 114 valence electrons. The van der Waals surface area contributed by atoms with Gasteiger partial charge in [0.1, 0.15) is 6.10 Å². The average molecular weight is 282 g/mol. The van der Waals surface area contributed by atoms with Crippen LogP contribution in [0.1, 0.15) is 53.4 Å². The van der Waals surface area contributed by atoms with Crippen LogP contribution in [-0.4, -0.2) is 24.6 Å². The van der Waals surface area contributed by atoms with Crippen LogP contribution in [0.15, 0.2) is 12.2 Å². The summed E-state index contributed by atoms with van der Waals surface area (Å²) in [4.78, 5) is 22.9. The number of carbonyl (C=O) groups excluding carboxylic acids is 2. The molecule has 2 unspecified atom stereocenters. The van der Waals surface area contributed by atoms with Crippen LogP contribution in [0.2, 0.25) is 0 Å². The average Bonchev–Trinajstić information content (AvgIpc) is 2.66. The second-order valence-corrected chi connectivity index (χ2v) is 6.62. The zero-order chi connectivity index (χ0) is 15.3. The normalized spacial score (nSPS) is 23.6. The van der Waals surface area contributed by atoms with E-state index in [0.29, 0.717) is 24.5 Å². The number of carbonyl (C=O) groups is 2. The highest BCUT2D eigenvalue weighted by Gasteiger charge is 2.36. The Morgan fingerprint density at radius 3 is 2.60 bits per heavy atom. The second-order valence-electron chi connectivity index (χ2n) is 6.62. The van der Waals surface area contributed by atoms with Crippen molar-refractivity contribution in [3.05, 3.63) is 12.2 Å². The third-order valence-corrected chi connectivity index (χ3v) is 3.58. The molecule has 0 amide bonds. The molecule has 4 heteroatoms. The van der Waals surface area contributed by atoms with Crippen LogP contribution < -0.4 is 0 Å². The maximum absolute atomic E-state index is 11.7. The smallest absolute Gasteiger partial charge is 0.333 e. The Kier molecular flexibility index (Phi) is 5.78. The van der Waals surface area contributed by atoms with Gasteiger partial charge in [-0.3, -0.25) is 4.79 Å². The second kappa shape index (κ2) is 6.91. The van der Waals surface area contributed by atoms with Crippen LogP contribution in [0.5, 0.6) is 0 Å². The molecular formula is C16H26O4. The molecule has 0 spiro atoms. The Morgan fingerprint density at radius 2 is 2.15 bits per heavy atom. The molecule has 2 atom stereocenters. The molecule has 1 heterocycles. The first-order chi connectivity index (χ1) is 9.22. The predicted octanol–water partition coefficient (Wildman–Crippen LogP) is 3.25. The lowest BCUT2D eigenvalue weighted by Crippen LogP contribution is -2.24. The Hall–Kier alpha value is -1.32. The fourth-order valence-electron chi connectivity index (χ4n) is 2.38. The topological polar surface area (TPSA) is 52.6 Å². The molecule has 0 aromatic heterocycles. The van der Waals surface area contributed by atoms with Crippen molar-refractivity contribution < 1.29 is 19.1 Å². The lowest BCUT2D eigenvalue weighted by molar-refractivity contribution is -0.145. The van der Waals surface area contributed by atoms with Gasteiger partial charge in [-0.05, 0) is 32.1 Å². The van der Waals surface area contributed by atoms with Gasteiger partial charge in [0.25, 0.3) is 0 Å². The van der Waals surface area contributed by atoms with Crippen LogP contribution >= 0.6 is 0 Å². The molecule has 0 saturated carbocycles. The van der Waals surface area contributed by atoms with Crippen LogP contribution in [0.4, 0.5) is 0 Å². The van der Waals surface area contributed by atoms with E-state index in [1.807, 2.05) is 6.92 Å². The van der Waals surface area contributed by atoms with Gasteiger partial charge < -0.3 is 9.47 Å². The van der Waals surface area contributed by atoms with Gasteiger partial charge in [0, 0.05) is 11.0 Å². The quantitative estimate of drug-likeness (QED) is 0.531. The number of hydrogen-bond donors (Lipinski definition) is 0. The van der Waals surface area contributed by atoms with Gasteiger partial charge in [-0.2, -0.15) is 0 Å². The summed E-state index contributed by atoms with van der Waals surface area (Å²) in [6, 6.07) is 0. The summed E-state index contributed by atoms with van der Waals surface area (Å²) in [6.45, 7) is 12.0. The maximum atomic E-state index is 11.7. The Morgan fingerprint density at radius 1 is 1.50 bits per heavy atom. The molecule has 1 aliphatic rings. The van der Waals surface area contributed by atoms with Crippen molar-refractivity contribution in [2.75, 3.05) is 6.61 Å². The molecule has 1 rings (SSSR count). The Bertz CT molecular complexity index is 386. The van der Waals surface area contributed by atoms with E-state index in [9.17, 15) is 9.59 Å². The van der Waals surface area contributed by atoms with Crippen molar-refractivity contribution in [3.63, 3.8) is 0 Å². The minimum Gasteiger partial charge on any atom is -0.465 e. The lowest BCUT2D eigenvalue weighted by Gasteiger charge is -2.25. The van der Waals surface area contributed by atoms with Crippen LogP contribution in [0.25, 0.3) is 0 Å². The van der Waals surface area contributed by atoms with Crippen LogP contribution in [0.3, 0.4) is 0 Å². The molecule has 0 radical (unpaired) electrons. The fraction of sp³-hybridized carbons (Fsp3) is 0.750. The van der Waals surface area contributed by atoms with Gasteiger partial charge in [0.2, 0.25) is 0 Å². The minimum absolute atomic E-state index is 0.119. The molecule has 0 aromatic carbocycles. The highest BCUT2D eigenvalue weighted by Crippen LogP contribution is 2.35. The standard InChI is InChI=1S/C16H26O4/c1-11(2)8-13(20-15(18)12(3)4)6-7-16(5)9-14(17)19-10-16/h11,13H,3,6-10H2,1-2,4-5H3. The van der Waals surface area contributed by atoms with E-state index >= 15 is 0 Å². The molecule has 1 aliphatic heterocycles. The van der Waals surface area contributed by atoms with E-state index in [2.05, 4.69) is 20.4 Å². The van der Waals surface area contributed by atoms with Gasteiger partial charge in [-0.15, -0.1) is 0 Å². The summed E-state index contributed by atoms with van der Waals surface area (Å²) in [7, 11) is 0. The van der Waals surface area contributed by atoms with E-state index in [4.69, 9.17) is 9.47 Å². The molecule has 20 heavy (non-hydrogen) atoms. The molecule has 4 nitrogen and oxygen atoms in total. The summed E-state index contributed by atoms with van der Waals surface area (Å²) >= 11 is 0. The van der Waals surface area contributed by atoms with Crippen LogP contribution in [0, 0.1) is 11.3 Å². The van der Waals surface area contributed by atoms with E-state index < -0.39 is 0 Å². The van der Waals surface area contributed by atoms with E-state index in [1.165, 1.54) is 0 Å². The van der Waals surface area contributed by atoms with Crippen molar-refractivity contribution in [3.8, 4) is 0 Å². The molecular weight excluding hydrogens is 256 g/mol. The van der Waals surface area contributed by atoms with Gasteiger partial charge in [-0.1, -0.05) is 27.4 Å². The highest BCUT2D eigenvalue weighted by molar-refractivity contribution is 5.87. The van der Waals surface area contributed by atoms with Gasteiger partial charge in [-0.25, -0.2) is 4.79 Å². The summed E-state index contributed by atoms with van der Waals surface area (Å²) < 4.78 is 10.5. The SMILES string of the molecule is C=C(C)C(=O)OC(CCC1(C)COC(=O)C1)CC(C)C. The molecule has 0 bridgehead atoms. The zero-order valence-electron chi connectivity index (χ0n) is 13.0. The monoisotopic (exact) mass is 282 g/mol. The van der Waals surface area contributed by atoms with Crippen molar-refractivity contribution >= 4 is 11.9 Å². The number of esters is 2. The highest BCUT2D eigenvalue weighted by atomic mass is 16.5. The number of hydrogen-bond acceptors (Lipinski definition) is 4. The first kappa shape index (κ1) is 16.7. The van der Waals surface area contributed by atoms with Gasteiger partial charge >= 0.3 is 11.9 Å². The molecule has 0 aromatic rings. The number of ether oxygens (including phenoxy) is 2. The first-order valence-electron chi connectivity index (χ1n) is 7.24. The summed E-state index contributed by atoms with van der Waals surface area (Å²) in [5.41, 5.74) is 0.298. The third kappa shape index (κ3) is 5.35. The molecule has 0 N–H and O–H groups in total. The van der Waals surface area contributed by atoms with E-state index in [-0.39, 0.29) is 23.5 Å². The van der Waals surface area contributed by atoms with Crippen molar-refractivity contribution in [2.24, 2.45) is 11.3 Å². The summed E-state index contributed by atoms with van der Waals surface area (Å²) in [5.74, 6) is -0.0152. The largest absolute Gasteiger partial charge is 0.465 e. The maximum Gasteiger partial charge on any atom is 0.333 e. The van der Waals surface area contributed by atoms with Crippen LogP contribution in [-0.2, 0) is 19.1 Å². The Labute approximate surface area is 121 Å². The Balaban J connectivity index is 2.54.